The van der Waals surface area contributed by atoms with Gasteiger partial charge in [0, 0.05) is 29.6 Å². The van der Waals surface area contributed by atoms with Crippen molar-refractivity contribution in [2.75, 3.05) is 23.4 Å². The molecule has 1 fully saturated rings. The van der Waals surface area contributed by atoms with E-state index in [0.717, 1.165) is 42.1 Å². The van der Waals surface area contributed by atoms with Crippen molar-refractivity contribution in [2.45, 2.75) is 18.9 Å². The third kappa shape index (κ3) is 2.27. The molecule has 1 aromatic carbocycles. The molecule has 1 atom stereocenters. The SMILES string of the molecule is O=C(NC1CCSC1)c1ccc2c(c1)NCC2. The van der Waals surface area contributed by atoms with Crippen molar-refractivity contribution in [2.24, 2.45) is 0 Å². The third-order valence-electron chi connectivity index (χ3n) is 3.35. The van der Waals surface area contributed by atoms with Gasteiger partial charge in [-0.2, -0.15) is 11.8 Å². The van der Waals surface area contributed by atoms with Gasteiger partial charge in [-0.15, -0.1) is 0 Å². The van der Waals surface area contributed by atoms with Gasteiger partial charge in [0.25, 0.3) is 5.91 Å². The maximum atomic E-state index is 12.1. The highest BCUT2D eigenvalue weighted by Gasteiger charge is 2.19. The molecule has 0 bridgehead atoms. The molecular formula is C13H16N2OS. The van der Waals surface area contributed by atoms with E-state index in [2.05, 4.69) is 16.7 Å². The number of hydrogen-bond donors (Lipinski definition) is 2. The van der Waals surface area contributed by atoms with Crippen LogP contribution in [-0.4, -0.2) is 30.0 Å². The Bertz CT molecular complexity index is 441. The van der Waals surface area contributed by atoms with Crippen LogP contribution in [0.3, 0.4) is 0 Å². The first-order valence-electron chi connectivity index (χ1n) is 6.08. The molecule has 1 saturated heterocycles. The molecule has 4 heteroatoms. The Morgan fingerprint density at radius 3 is 3.24 bits per heavy atom. The summed E-state index contributed by atoms with van der Waals surface area (Å²) in [5, 5.41) is 6.40. The maximum Gasteiger partial charge on any atom is 0.251 e. The molecule has 0 aromatic heterocycles. The van der Waals surface area contributed by atoms with Crippen LogP contribution in [-0.2, 0) is 6.42 Å². The van der Waals surface area contributed by atoms with E-state index in [1.165, 1.54) is 5.56 Å². The van der Waals surface area contributed by atoms with Gasteiger partial charge in [-0.05, 0) is 36.3 Å². The third-order valence-corrected chi connectivity index (χ3v) is 4.51. The van der Waals surface area contributed by atoms with Crippen molar-refractivity contribution in [3.63, 3.8) is 0 Å². The zero-order valence-electron chi connectivity index (χ0n) is 9.66. The fourth-order valence-corrected chi connectivity index (χ4v) is 3.50. The van der Waals surface area contributed by atoms with Gasteiger partial charge in [0.2, 0.25) is 0 Å². The van der Waals surface area contributed by atoms with Crippen molar-refractivity contribution < 1.29 is 4.79 Å². The summed E-state index contributed by atoms with van der Waals surface area (Å²) in [6, 6.07) is 6.32. The van der Waals surface area contributed by atoms with Gasteiger partial charge in [-0.25, -0.2) is 0 Å². The monoisotopic (exact) mass is 248 g/mol. The molecule has 3 nitrogen and oxygen atoms in total. The lowest BCUT2D eigenvalue weighted by molar-refractivity contribution is 0.0941. The Labute approximate surface area is 105 Å². The molecule has 0 saturated carbocycles. The van der Waals surface area contributed by atoms with Crippen LogP contribution in [0.2, 0.25) is 0 Å². The first-order valence-corrected chi connectivity index (χ1v) is 7.24. The van der Waals surface area contributed by atoms with Crippen LogP contribution in [0.25, 0.3) is 0 Å². The van der Waals surface area contributed by atoms with Gasteiger partial charge >= 0.3 is 0 Å². The zero-order chi connectivity index (χ0) is 11.7. The van der Waals surface area contributed by atoms with Crippen molar-refractivity contribution in [3.8, 4) is 0 Å². The number of hydrogen-bond acceptors (Lipinski definition) is 3. The number of nitrogens with one attached hydrogen (secondary N) is 2. The van der Waals surface area contributed by atoms with Gasteiger partial charge in [-0.1, -0.05) is 6.07 Å². The predicted molar refractivity (Wildman–Crippen MR) is 71.8 cm³/mol. The van der Waals surface area contributed by atoms with Crippen LogP contribution in [0.1, 0.15) is 22.3 Å². The van der Waals surface area contributed by atoms with Crippen molar-refractivity contribution in [1.29, 1.82) is 0 Å². The van der Waals surface area contributed by atoms with Crippen molar-refractivity contribution >= 4 is 23.4 Å². The molecule has 1 aromatic rings. The molecule has 0 aliphatic carbocycles. The average Bonchev–Trinajstić information content (AvgIpc) is 2.97. The Morgan fingerprint density at radius 1 is 1.47 bits per heavy atom. The van der Waals surface area contributed by atoms with E-state index in [4.69, 9.17) is 0 Å². The number of amides is 1. The second-order valence-corrected chi connectivity index (χ2v) is 5.73. The molecule has 0 radical (unpaired) electrons. The lowest BCUT2D eigenvalue weighted by Gasteiger charge is -2.12. The minimum atomic E-state index is 0.0639. The van der Waals surface area contributed by atoms with Gasteiger partial charge in [0.1, 0.15) is 0 Å². The van der Waals surface area contributed by atoms with Gasteiger partial charge in [0.05, 0.1) is 0 Å². The summed E-state index contributed by atoms with van der Waals surface area (Å²) >= 11 is 1.91. The van der Waals surface area contributed by atoms with E-state index < -0.39 is 0 Å². The molecule has 90 valence electrons. The lowest BCUT2D eigenvalue weighted by atomic mass is 10.1. The number of carbonyl (C=O) groups excluding carboxylic acids is 1. The van der Waals surface area contributed by atoms with Crippen LogP contribution >= 0.6 is 11.8 Å². The molecule has 3 rings (SSSR count). The normalized spacial score (nSPS) is 22.0. The van der Waals surface area contributed by atoms with Crippen LogP contribution < -0.4 is 10.6 Å². The standard InChI is InChI=1S/C13H16N2OS/c16-13(15-11-4-6-17-8-11)10-2-1-9-3-5-14-12(9)7-10/h1-2,7,11,14H,3-6,8H2,(H,15,16). The molecule has 17 heavy (non-hydrogen) atoms. The fraction of sp³-hybridized carbons (Fsp3) is 0.462. The number of carbonyl (C=O) groups is 1. The second kappa shape index (κ2) is 4.61. The van der Waals surface area contributed by atoms with Gasteiger partial charge < -0.3 is 10.6 Å². The number of fused-ring (bicyclic) bond motifs is 1. The minimum absolute atomic E-state index is 0.0639. The molecule has 2 aliphatic rings. The average molecular weight is 248 g/mol. The van der Waals surface area contributed by atoms with Crippen molar-refractivity contribution in [3.05, 3.63) is 29.3 Å². The summed E-state index contributed by atoms with van der Waals surface area (Å²) in [5.74, 6) is 2.28. The minimum Gasteiger partial charge on any atom is -0.384 e. The van der Waals surface area contributed by atoms with Crippen LogP contribution in [0.4, 0.5) is 5.69 Å². The second-order valence-electron chi connectivity index (χ2n) is 4.58. The predicted octanol–water partition coefficient (Wildman–Crippen LogP) is 1.89. The number of thioether (sulfide) groups is 1. The Balaban J connectivity index is 1.72. The summed E-state index contributed by atoms with van der Waals surface area (Å²) in [6.07, 6.45) is 2.16. The molecule has 2 heterocycles. The lowest BCUT2D eigenvalue weighted by Crippen LogP contribution is -2.34. The fourth-order valence-electron chi connectivity index (χ4n) is 2.35. The van der Waals surface area contributed by atoms with E-state index in [1.54, 1.807) is 0 Å². The topological polar surface area (TPSA) is 41.1 Å². The van der Waals surface area contributed by atoms with E-state index in [1.807, 2.05) is 23.9 Å². The van der Waals surface area contributed by atoms with Crippen molar-refractivity contribution in [1.82, 2.24) is 5.32 Å². The molecular weight excluding hydrogens is 232 g/mol. The molecule has 2 aliphatic heterocycles. The van der Waals surface area contributed by atoms with E-state index in [-0.39, 0.29) is 5.91 Å². The number of rotatable bonds is 2. The number of benzene rings is 1. The van der Waals surface area contributed by atoms with E-state index >= 15 is 0 Å². The Hall–Kier alpha value is -1.16. The molecule has 1 amide bonds. The summed E-state index contributed by atoms with van der Waals surface area (Å²) in [4.78, 5) is 12.1. The quantitative estimate of drug-likeness (QED) is 0.840. The van der Waals surface area contributed by atoms with Gasteiger partial charge in [-0.3, -0.25) is 4.79 Å². The highest BCUT2D eigenvalue weighted by Crippen LogP contribution is 2.23. The Kier molecular flexibility index (Phi) is 2.97. The van der Waals surface area contributed by atoms with E-state index in [0.29, 0.717) is 6.04 Å². The van der Waals surface area contributed by atoms with Gasteiger partial charge in [0.15, 0.2) is 0 Å². The first-order chi connectivity index (χ1) is 8.33. The van der Waals surface area contributed by atoms with Crippen LogP contribution in [0, 0.1) is 0 Å². The highest BCUT2D eigenvalue weighted by atomic mass is 32.2. The van der Waals surface area contributed by atoms with Crippen LogP contribution in [0.5, 0.6) is 0 Å². The Morgan fingerprint density at radius 2 is 2.41 bits per heavy atom. The highest BCUT2D eigenvalue weighted by molar-refractivity contribution is 7.99. The number of anilines is 1. The smallest absolute Gasteiger partial charge is 0.251 e. The van der Waals surface area contributed by atoms with Crippen LogP contribution in [0.15, 0.2) is 18.2 Å². The summed E-state index contributed by atoms with van der Waals surface area (Å²) in [6.45, 7) is 0.986. The molecule has 0 spiro atoms. The summed E-state index contributed by atoms with van der Waals surface area (Å²) in [5.41, 5.74) is 3.21. The zero-order valence-corrected chi connectivity index (χ0v) is 10.5. The first kappa shape index (κ1) is 11.0. The molecule has 2 N–H and O–H groups in total. The summed E-state index contributed by atoms with van der Waals surface area (Å²) < 4.78 is 0. The molecule has 1 unspecified atom stereocenters. The van der Waals surface area contributed by atoms with E-state index in [9.17, 15) is 4.79 Å². The summed E-state index contributed by atoms with van der Waals surface area (Å²) in [7, 11) is 0. The maximum absolute atomic E-state index is 12.1. The largest absolute Gasteiger partial charge is 0.384 e.